The number of Topliss-reactive ketones (excluding diaryl/α,β-unsaturated/α-hetero) is 2. The van der Waals surface area contributed by atoms with Gasteiger partial charge in [0.05, 0.1) is 17.5 Å². The SMILES string of the molecule is Cc1ccc(S(=O)(=O)N2C[C@H](CC(=O)C3CC3)C(C(=O)c3ccccc3)=C(c3ccccc3)[C@@H]2CO[Si](C)(C)C(C)(C)C)cc1. The van der Waals surface area contributed by atoms with Crippen LogP contribution in [0.3, 0.4) is 0 Å². The van der Waals surface area contributed by atoms with Gasteiger partial charge in [-0.2, -0.15) is 4.31 Å². The zero-order chi connectivity index (χ0) is 32.6. The molecule has 0 aromatic heterocycles. The molecule has 0 unspecified atom stereocenters. The van der Waals surface area contributed by atoms with Gasteiger partial charge in [0.1, 0.15) is 5.78 Å². The summed E-state index contributed by atoms with van der Waals surface area (Å²) >= 11 is 0. The Labute approximate surface area is 269 Å². The van der Waals surface area contributed by atoms with Crippen molar-refractivity contribution in [2.24, 2.45) is 11.8 Å². The molecule has 3 aromatic rings. The highest BCUT2D eigenvalue weighted by molar-refractivity contribution is 7.89. The Hall–Kier alpha value is -3.17. The summed E-state index contributed by atoms with van der Waals surface area (Å²) in [5.41, 5.74) is 3.37. The second kappa shape index (κ2) is 12.9. The van der Waals surface area contributed by atoms with E-state index in [1.807, 2.05) is 55.5 Å². The maximum atomic E-state index is 14.6. The fourth-order valence-electron chi connectivity index (χ4n) is 5.76. The summed E-state index contributed by atoms with van der Waals surface area (Å²) in [5, 5.41) is -0.110. The Kier molecular flexibility index (Phi) is 9.52. The molecule has 1 saturated carbocycles. The highest BCUT2D eigenvalue weighted by Gasteiger charge is 2.47. The van der Waals surface area contributed by atoms with Crippen LogP contribution in [0, 0.1) is 18.8 Å². The molecule has 0 saturated heterocycles. The van der Waals surface area contributed by atoms with Crippen molar-refractivity contribution in [2.75, 3.05) is 13.2 Å². The molecule has 3 aromatic carbocycles. The summed E-state index contributed by atoms with van der Waals surface area (Å²) in [4.78, 5) is 28.2. The van der Waals surface area contributed by atoms with Crippen LogP contribution in [0.2, 0.25) is 18.1 Å². The number of carbonyl (C=O) groups excluding carboxylic acids is 2. The normalized spacial score (nSPS) is 19.9. The van der Waals surface area contributed by atoms with Crippen LogP contribution in [0.1, 0.15) is 61.5 Å². The van der Waals surface area contributed by atoms with Gasteiger partial charge in [0.15, 0.2) is 14.1 Å². The van der Waals surface area contributed by atoms with Crippen LogP contribution >= 0.6 is 0 Å². The maximum absolute atomic E-state index is 14.6. The molecule has 6 nitrogen and oxygen atoms in total. The molecule has 0 bridgehead atoms. The number of aryl methyl sites for hydroxylation is 1. The lowest BCUT2D eigenvalue weighted by Gasteiger charge is -2.44. The van der Waals surface area contributed by atoms with E-state index in [1.54, 1.807) is 36.4 Å². The molecule has 0 N–H and O–H groups in total. The van der Waals surface area contributed by atoms with Crippen molar-refractivity contribution in [3.05, 3.63) is 107 Å². The molecule has 2 atom stereocenters. The maximum Gasteiger partial charge on any atom is 0.243 e. The first kappa shape index (κ1) is 33.2. The summed E-state index contributed by atoms with van der Waals surface area (Å²) in [6.45, 7) is 12.8. The van der Waals surface area contributed by atoms with Crippen molar-refractivity contribution in [2.45, 2.75) is 76.0 Å². The quantitative estimate of drug-likeness (QED) is 0.158. The molecule has 5 rings (SSSR count). The lowest BCUT2D eigenvalue weighted by atomic mass is 9.77. The molecule has 2 aliphatic rings. The second-order valence-corrected chi connectivity index (χ2v) is 20.7. The van der Waals surface area contributed by atoms with Gasteiger partial charge in [-0.3, -0.25) is 9.59 Å². The van der Waals surface area contributed by atoms with E-state index < -0.39 is 30.3 Å². The van der Waals surface area contributed by atoms with Gasteiger partial charge in [-0.1, -0.05) is 99.1 Å². The standard InChI is InChI=1S/C37H45NO5SSi/c1-26-17-21-31(22-18-26)44(41,42)38-24-30(23-33(39)27-19-20-27)35(36(40)29-15-11-8-12-16-29)34(28-13-9-7-10-14-28)32(38)25-43-45(5,6)37(2,3)4/h7-18,21-22,27,30,32H,19-20,23-25H2,1-6H3/t30-,32-/m0/s1. The van der Waals surface area contributed by atoms with Gasteiger partial charge >= 0.3 is 0 Å². The van der Waals surface area contributed by atoms with Crippen molar-refractivity contribution >= 4 is 35.5 Å². The minimum absolute atomic E-state index is 0.0138. The van der Waals surface area contributed by atoms with E-state index in [0.29, 0.717) is 16.7 Å². The van der Waals surface area contributed by atoms with Gasteiger partial charge in [0.25, 0.3) is 0 Å². The van der Waals surface area contributed by atoms with Crippen molar-refractivity contribution < 1.29 is 22.4 Å². The Bertz CT molecular complexity index is 1670. The average molecular weight is 644 g/mol. The second-order valence-electron chi connectivity index (χ2n) is 14.0. The topological polar surface area (TPSA) is 80.8 Å². The number of carbonyl (C=O) groups is 2. The van der Waals surface area contributed by atoms with E-state index in [9.17, 15) is 18.0 Å². The number of hydrogen-bond acceptors (Lipinski definition) is 5. The van der Waals surface area contributed by atoms with E-state index in [4.69, 9.17) is 4.43 Å². The molecule has 1 fully saturated rings. The first-order chi connectivity index (χ1) is 21.2. The largest absolute Gasteiger partial charge is 0.415 e. The number of ketones is 2. The number of rotatable bonds is 11. The third kappa shape index (κ3) is 7.14. The zero-order valence-electron chi connectivity index (χ0n) is 27.2. The summed E-state index contributed by atoms with van der Waals surface area (Å²) < 4.78 is 37.5. The summed E-state index contributed by atoms with van der Waals surface area (Å²) in [5.74, 6) is -0.701. The van der Waals surface area contributed by atoms with Gasteiger partial charge in [-0.25, -0.2) is 8.42 Å². The van der Waals surface area contributed by atoms with E-state index in [-0.39, 0.29) is 47.0 Å². The van der Waals surface area contributed by atoms with Crippen LogP contribution in [0.25, 0.3) is 5.57 Å². The molecule has 238 valence electrons. The van der Waals surface area contributed by atoms with Crippen molar-refractivity contribution in [1.82, 2.24) is 4.31 Å². The minimum Gasteiger partial charge on any atom is -0.415 e. The van der Waals surface area contributed by atoms with Gasteiger partial charge in [0.2, 0.25) is 10.0 Å². The third-order valence-electron chi connectivity index (χ3n) is 9.66. The van der Waals surface area contributed by atoms with Crippen LogP contribution < -0.4 is 0 Å². The molecular formula is C37H45NO5SSi. The Morgan fingerprint density at radius 1 is 0.889 bits per heavy atom. The average Bonchev–Trinajstić information content (AvgIpc) is 3.86. The number of benzene rings is 3. The molecule has 1 aliphatic carbocycles. The van der Waals surface area contributed by atoms with Crippen LogP contribution in [0.15, 0.2) is 95.4 Å². The highest BCUT2D eigenvalue weighted by Crippen LogP contribution is 2.44. The minimum atomic E-state index is -4.05. The van der Waals surface area contributed by atoms with Crippen LogP contribution in [-0.4, -0.2) is 51.8 Å². The molecular weight excluding hydrogens is 599 g/mol. The lowest BCUT2D eigenvalue weighted by molar-refractivity contribution is -0.121. The molecule has 1 heterocycles. The monoisotopic (exact) mass is 643 g/mol. The van der Waals surface area contributed by atoms with Crippen LogP contribution in [0.5, 0.6) is 0 Å². The summed E-state index contributed by atoms with van der Waals surface area (Å²) in [7, 11) is -6.39. The predicted octanol–water partition coefficient (Wildman–Crippen LogP) is 7.71. The summed E-state index contributed by atoms with van der Waals surface area (Å²) in [6.07, 6.45) is 1.80. The first-order valence-electron chi connectivity index (χ1n) is 15.8. The van der Waals surface area contributed by atoms with E-state index in [2.05, 4.69) is 33.9 Å². The molecule has 0 spiro atoms. The van der Waals surface area contributed by atoms with Crippen LogP contribution in [0.4, 0.5) is 0 Å². The first-order valence-corrected chi connectivity index (χ1v) is 20.2. The van der Waals surface area contributed by atoms with Gasteiger partial charge < -0.3 is 4.43 Å². The fraction of sp³-hybridized carbons (Fsp3) is 0.405. The zero-order valence-corrected chi connectivity index (χ0v) is 29.1. The summed E-state index contributed by atoms with van der Waals surface area (Å²) in [6, 6.07) is 24.7. The van der Waals surface area contributed by atoms with E-state index in [0.717, 1.165) is 24.0 Å². The molecule has 0 amide bonds. The predicted molar refractivity (Wildman–Crippen MR) is 182 cm³/mol. The molecule has 45 heavy (non-hydrogen) atoms. The van der Waals surface area contributed by atoms with Gasteiger partial charge in [-0.15, -0.1) is 0 Å². The fourth-order valence-corrected chi connectivity index (χ4v) is 8.40. The third-order valence-corrected chi connectivity index (χ3v) is 16.1. The smallest absolute Gasteiger partial charge is 0.243 e. The van der Waals surface area contributed by atoms with Gasteiger partial charge in [-0.05, 0) is 61.2 Å². The highest BCUT2D eigenvalue weighted by atomic mass is 32.2. The number of sulfonamides is 1. The number of hydrogen-bond donors (Lipinski definition) is 0. The van der Waals surface area contributed by atoms with Crippen LogP contribution in [-0.2, 0) is 19.2 Å². The Balaban J connectivity index is 1.76. The van der Waals surface area contributed by atoms with Gasteiger partial charge in [0, 0.05) is 35.9 Å². The Morgan fingerprint density at radius 3 is 2.02 bits per heavy atom. The van der Waals surface area contributed by atoms with Crippen molar-refractivity contribution in [3.63, 3.8) is 0 Å². The lowest BCUT2D eigenvalue weighted by Crippen LogP contribution is -2.53. The van der Waals surface area contributed by atoms with E-state index >= 15 is 0 Å². The van der Waals surface area contributed by atoms with E-state index in [1.165, 1.54) is 4.31 Å². The van der Waals surface area contributed by atoms with Crippen molar-refractivity contribution in [3.8, 4) is 0 Å². The Morgan fingerprint density at radius 2 is 1.47 bits per heavy atom. The number of nitrogens with zero attached hydrogens (tertiary/aromatic N) is 1. The molecule has 1 aliphatic heterocycles. The molecule has 8 heteroatoms. The molecule has 0 radical (unpaired) electrons. The van der Waals surface area contributed by atoms with Crippen molar-refractivity contribution in [1.29, 1.82) is 0 Å².